The number of aromatic nitrogens is 1. The summed E-state index contributed by atoms with van der Waals surface area (Å²) in [7, 11) is 1.37. The third kappa shape index (κ3) is 5.18. The highest BCUT2D eigenvalue weighted by Gasteiger charge is 2.17. The lowest BCUT2D eigenvalue weighted by molar-refractivity contribution is 0.0607. The molecular formula is C17H24N4O3S2. The fraction of sp³-hybridized carbons (Fsp3) is 0.471. The highest BCUT2D eigenvalue weighted by atomic mass is 32.1. The fourth-order valence-electron chi connectivity index (χ4n) is 2.24. The number of hydrogen-bond donors (Lipinski definition) is 3. The third-order valence-electron chi connectivity index (χ3n) is 3.70. The summed E-state index contributed by atoms with van der Waals surface area (Å²) < 4.78 is 4.82. The van der Waals surface area contributed by atoms with Crippen molar-refractivity contribution in [1.82, 2.24) is 10.3 Å². The summed E-state index contributed by atoms with van der Waals surface area (Å²) in [5, 5.41) is 11.3. The van der Waals surface area contributed by atoms with Crippen molar-refractivity contribution < 1.29 is 14.3 Å². The van der Waals surface area contributed by atoms with Crippen molar-refractivity contribution in [2.45, 2.75) is 40.2 Å². The summed E-state index contributed by atoms with van der Waals surface area (Å²) >= 11 is 2.77. The summed E-state index contributed by atoms with van der Waals surface area (Å²) in [4.78, 5) is 29.6. The van der Waals surface area contributed by atoms with Gasteiger partial charge in [0.1, 0.15) is 4.88 Å². The zero-order valence-electron chi connectivity index (χ0n) is 15.4. The van der Waals surface area contributed by atoms with Crippen molar-refractivity contribution in [3.8, 4) is 0 Å². The van der Waals surface area contributed by atoms with Crippen LogP contribution in [0.25, 0.3) is 0 Å². The van der Waals surface area contributed by atoms with Crippen molar-refractivity contribution >= 4 is 45.5 Å². The number of aryl methyl sites for hydroxylation is 2. The summed E-state index contributed by atoms with van der Waals surface area (Å²) in [6.45, 7) is 7.08. The Labute approximate surface area is 161 Å². The minimum absolute atomic E-state index is 0.242. The number of thiophene rings is 1. The number of nitrogens with one attached hydrogen (secondary N) is 3. The first-order valence-electron chi connectivity index (χ1n) is 8.37. The molecule has 9 heteroatoms. The number of anilines is 2. The monoisotopic (exact) mass is 396 g/mol. The van der Waals surface area contributed by atoms with Gasteiger partial charge >= 0.3 is 12.0 Å². The first-order chi connectivity index (χ1) is 12.5. The van der Waals surface area contributed by atoms with E-state index in [1.54, 1.807) is 0 Å². The van der Waals surface area contributed by atoms with Crippen LogP contribution < -0.4 is 16.0 Å². The van der Waals surface area contributed by atoms with E-state index >= 15 is 0 Å². The van der Waals surface area contributed by atoms with Crippen LogP contribution in [0.4, 0.5) is 15.6 Å². The molecule has 0 aromatic carbocycles. The van der Waals surface area contributed by atoms with Crippen LogP contribution in [0.2, 0.25) is 0 Å². The number of thiazole rings is 1. The predicted octanol–water partition coefficient (Wildman–Crippen LogP) is 4.14. The molecule has 7 nitrogen and oxygen atoms in total. The van der Waals surface area contributed by atoms with Gasteiger partial charge in [-0.25, -0.2) is 14.6 Å². The second-order valence-electron chi connectivity index (χ2n) is 5.73. The SMILES string of the molecule is CCCCNC(=O)Nc1nc(C)c(CNc2c(C)csc2C(=O)OC)s1. The lowest BCUT2D eigenvalue weighted by Crippen LogP contribution is -2.29. The number of methoxy groups -OCH3 is 1. The highest BCUT2D eigenvalue weighted by molar-refractivity contribution is 7.16. The number of carbonyl (C=O) groups is 2. The molecule has 26 heavy (non-hydrogen) atoms. The van der Waals surface area contributed by atoms with Crippen molar-refractivity contribution in [2.24, 2.45) is 0 Å². The van der Waals surface area contributed by atoms with Crippen LogP contribution in [0.1, 0.15) is 45.6 Å². The topological polar surface area (TPSA) is 92.4 Å². The second-order valence-corrected chi connectivity index (χ2v) is 7.69. The van der Waals surface area contributed by atoms with Crippen LogP contribution in [0.5, 0.6) is 0 Å². The maximum Gasteiger partial charge on any atom is 0.350 e. The maximum atomic E-state index is 11.8. The number of hydrogen-bond acceptors (Lipinski definition) is 7. The van der Waals surface area contributed by atoms with Gasteiger partial charge in [-0.3, -0.25) is 5.32 Å². The third-order valence-corrected chi connectivity index (χ3v) is 5.85. The molecule has 0 aliphatic carbocycles. The smallest absolute Gasteiger partial charge is 0.350 e. The molecule has 0 spiro atoms. The average molecular weight is 397 g/mol. The first kappa shape index (κ1) is 20.2. The number of esters is 1. The van der Waals surface area contributed by atoms with Crippen molar-refractivity contribution in [1.29, 1.82) is 0 Å². The molecular weight excluding hydrogens is 372 g/mol. The lowest BCUT2D eigenvalue weighted by atomic mass is 10.2. The van der Waals surface area contributed by atoms with E-state index in [1.807, 2.05) is 19.2 Å². The average Bonchev–Trinajstić information content (AvgIpc) is 3.14. The van der Waals surface area contributed by atoms with E-state index in [2.05, 4.69) is 27.9 Å². The Kier molecular flexibility index (Phi) is 7.40. The Balaban J connectivity index is 1.99. The number of rotatable bonds is 8. The maximum absolute atomic E-state index is 11.8. The number of amides is 2. The van der Waals surface area contributed by atoms with Crippen LogP contribution in [-0.4, -0.2) is 30.6 Å². The minimum Gasteiger partial charge on any atom is -0.465 e. The summed E-state index contributed by atoms with van der Waals surface area (Å²) in [5.74, 6) is -0.349. The van der Waals surface area contributed by atoms with E-state index in [4.69, 9.17) is 4.74 Å². The molecule has 0 saturated heterocycles. The van der Waals surface area contributed by atoms with Gasteiger partial charge in [0.2, 0.25) is 0 Å². The first-order valence-corrected chi connectivity index (χ1v) is 10.1. The van der Waals surface area contributed by atoms with Crippen molar-refractivity contribution in [3.05, 3.63) is 26.4 Å². The van der Waals surface area contributed by atoms with Gasteiger partial charge in [-0.15, -0.1) is 11.3 Å². The van der Waals surface area contributed by atoms with Gasteiger partial charge in [0, 0.05) is 11.4 Å². The number of nitrogens with zero attached hydrogens (tertiary/aromatic N) is 1. The van der Waals surface area contributed by atoms with E-state index in [-0.39, 0.29) is 12.0 Å². The van der Waals surface area contributed by atoms with Gasteiger partial charge in [-0.05, 0) is 31.2 Å². The molecule has 0 aliphatic rings. The normalized spacial score (nSPS) is 10.5. The summed E-state index contributed by atoms with van der Waals surface area (Å²) in [5.41, 5.74) is 2.62. The summed E-state index contributed by atoms with van der Waals surface area (Å²) in [6, 6.07) is -0.242. The molecule has 2 aromatic heterocycles. The van der Waals surface area contributed by atoms with Gasteiger partial charge in [0.15, 0.2) is 5.13 Å². The van der Waals surface area contributed by atoms with Crippen molar-refractivity contribution in [2.75, 3.05) is 24.3 Å². The van der Waals surface area contributed by atoms with E-state index in [0.29, 0.717) is 23.1 Å². The van der Waals surface area contributed by atoms with Gasteiger partial charge < -0.3 is 15.4 Å². The molecule has 0 fully saturated rings. The minimum atomic E-state index is -0.349. The molecule has 2 rings (SSSR count). The molecule has 0 aliphatic heterocycles. The molecule has 0 radical (unpaired) electrons. The lowest BCUT2D eigenvalue weighted by Gasteiger charge is -2.07. The molecule has 3 N–H and O–H groups in total. The summed E-state index contributed by atoms with van der Waals surface area (Å²) in [6.07, 6.45) is 1.98. The van der Waals surface area contributed by atoms with Gasteiger partial charge in [-0.2, -0.15) is 0 Å². The zero-order chi connectivity index (χ0) is 19.1. The molecule has 0 bridgehead atoms. The Morgan fingerprint density at radius 1 is 1.31 bits per heavy atom. The van der Waals surface area contributed by atoms with Crippen LogP contribution in [0.3, 0.4) is 0 Å². The van der Waals surface area contributed by atoms with Crippen LogP contribution in [0.15, 0.2) is 5.38 Å². The molecule has 142 valence electrons. The van der Waals surface area contributed by atoms with Crippen LogP contribution in [-0.2, 0) is 11.3 Å². The second kappa shape index (κ2) is 9.54. The Morgan fingerprint density at radius 2 is 2.08 bits per heavy atom. The number of unbranched alkanes of at least 4 members (excludes halogenated alkanes) is 1. The van der Waals surface area contributed by atoms with Gasteiger partial charge in [0.25, 0.3) is 0 Å². The molecule has 0 atom stereocenters. The fourth-order valence-corrected chi connectivity index (χ4v) is 4.08. The van der Waals surface area contributed by atoms with Crippen molar-refractivity contribution in [3.63, 3.8) is 0 Å². The predicted molar refractivity (Wildman–Crippen MR) is 107 cm³/mol. The molecule has 2 amide bonds. The van der Waals surface area contributed by atoms with E-state index in [0.717, 1.165) is 34.7 Å². The van der Waals surface area contributed by atoms with E-state index < -0.39 is 0 Å². The number of urea groups is 1. The standard InChI is InChI=1S/C17H24N4O3S2/c1-5-6-7-18-16(23)21-17-20-11(3)12(26-17)8-19-13-10(2)9-25-14(13)15(22)24-4/h9,19H,5-8H2,1-4H3,(H2,18,20,21,23). The van der Waals surface area contributed by atoms with Crippen LogP contribution in [0, 0.1) is 13.8 Å². The Bertz CT molecular complexity index is 770. The number of carbonyl (C=O) groups excluding carboxylic acids is 2. The largest absolute Gasteiger partial charge is 0.465 e. The van der Waals surface area contributed by atoms with E-state index in [1.165, 1.54) is 29.8 Å². The molecule has 2 aromatic rings. The van der Waals surface area contributed by atoms with Gasteiger partial charge in [0.05, 0.1) is 25.0 Å². The number of ether oxygens (including phenoxy) is 1. The molecule has 0 unspecified atom stereocenters. The molecule has 0 saturated carbocycles. The van der Waals surface area contributed by atoms with E-state index in [9.17, 15) is 9.59 Å². The molecule has 2 heterocycles. The quantitative estimate of drug-likeness (QED) is 0.461. The van der Waals surface area contributed by atoms with Gasteiger partial charge in [-0.1, -0.05) is 24.7 Å². The Hall–Kier alpha value is -2.13. The zero-order valence-corrected chi connectivity index (χ0v) is 17.0. The Morgan fingerprint density at radius 3 is 2.77 bits per heavy atom. The van der Waals surface area contributed by atoms with Crippen LogP contribution >= 0.6 is 22.7 Å². The highest BCUT2D eigenvalue weighted by Crippen LogP contribution is 2.30.